The van der Waals surface area contributed by atoms with Gasteiger partial charge in [-0.25, -0.2) is 9.37 Å². The number of benzene rings is 1. The Morgan fingerprint density at radius 2 is 1.44 bits per heavy atom. The van der Waals surface area contributed by atoms with Crippen LogP contribution in [0.1, 0.15) is 0 Å². The molecule has 0 unspecified atom stereocenters. The molecule has 2 aliphatic heterocycles. The molecule has 0 saturated carbocycles. The van der Waals surface area contributed by atoms with Gasteiger partial charge in [-0.05, 0) is 30.3 Å². The predicted molar refractivity (Wildman–Crippen MR) is 103 cm³/mol. The number of piperazine rings is 2. The van der Waals surface area contributed by atoms with Crippen molar-refractivity contribution in [1.29, 1.82) is 0 Å². The number of hydrogen-bond acceptors (Lipinski definition) is 6. The first-order valence-corrected chi connectivity index (χ1v) is 9.26. The fourth-order valence-electron chi connectivity index (χ4n) is 3.54. The molecule has 0 N–H and O–H groups in total. The second kappa shape index (κ2) is 7.77. The predicted octanol–water partition coefficient (Wildman–Crippen LogP) is 1.22. The highest BCUT2D eigenvalue weighted by atomic mass is 19.1. The van der Waals surface area contributed by atoms with Crippen LogP contribution in [-0.2, 0) is 4.79 Å². The summed E-state index contributed by atoms with van der Waals surface area (Å²) in [5.74, 6) is 1.44. The average Bonchev–Trinajstić information content (AvgIpc) is 2.75. The van der Waals surface area contributed by atoms with Crippen molar-refractivity contribution in [2.45, 2.75) is 0 Å². The summed E-state index contributed by atoms with van der Waals surface area (Å²) in [7, 11) is 0. The van der Waals surface area contributed by atoms with Crippen molar-refractivity contribution in [3.05, 3.63) is 42.3 Å². The monoisotopic (exact) mass is 370 g/mol. The van der Waals surface area contributed by atoms with Crippen molar-refractivity contribution in [3.63, 3.8) is 0 Å². The van der Waals surface area contributed by atoms with Crippen LogP contribution in [-0.4, -0.2) is 73.6 Å². The molecule has 0 spiro atoms. The molecular weight excluding hydrogens is 347 g/mol. The van der Waals surface area contributed by atoms with Crippen molar-refractivity contribution < 1.29 is 9.18 Å². The van der Waals surface area contributed by atoms with E-state index < -0.39 is 0 Å². The van der Waals surface area contributed by atoms with Gasteiger partial charge >= 0.3 is 0 Å². The first-order chi connectivity index (χ1) is 13.2. The normalized spacial score (nSPS) is 18.0. The van der Waals surface area contributed by atoms with Crippen LogP contribution >= 0.6 is 0 Å². The first-order valence-electron chi connectivity index (χ1n) is 9.26. The molecule has 4 rings (SSSR count). The quantitative estimate of drug-likeness (QED) is 0.755. The van der Waals surface area contributed by atoms with Crippen LogP contribution in [0, 0.1) is 5.82 Å². The number of carbonyl (C=O) groups excluding carboxylic acids is 1. The molecule has 2 fully saturated rings. The highest BCUT2D eigenvalue weighted by Crippen LogP contribution is 2.21. The highest BCUT2D eigenvalue weighted by Gasteiger charge is 2.21. The first kappa shape index (κ1) is 17.5. The smallest absolute Gasteiger partial charge is 0.227 e. The summed E-state index contributed by atoms with van der Waals surface area (Å²) in [4.78, 5) is 28.4. The zero-order chi connectivity index (χ0) is 18.6. The van der Waals surface area contributed by atoms with Crippen LogP contribution in [0.5, 0.6) is 0 Å². The SMILES string of the molecule is O=CN1CCN(c2nccc(N3CCN(c4ccc(F)cc4)CC3)n2)CC1. The Morgan fingerprint density at radius 3 is 2.11 bits per heavy atom. The lowest BCUT2D eigenvalue weighted by molar-refractivity contribution is -0.118. The van der Waals surface area contributed by atoms with E-state index >= 15 is 0 Å². The van der Waals surface area contributed by atoms with Crippen LogP contribution < -0.4 is 14.7 Å². The van der Waals surface area contributed by atoms with Gasteiger partial charge in [0.05, 0.1) is 0 Å². The standard InChI is InChI=1S/C19H23FN6O/c20-16-1-3-17(4-2-16)24-11-13-25(14-12-24)18-5-6-21-19(22-18)26-9-7-23(15-27)8-10-26/h1-6,15H,7-14H2. The van der Waals surface area contributed by atoms with Crippen molar-refractivity contribution in [1.82, 2.24) is 14.9 Å². The number of aromatic nitrogens is 2. The lowest BCUT2D eigenvalue weighted by Crippen LogP contribution is -2.48. The number of carbonyl (C=O) groups is 1. The fraction of sp³-hybridized carbons (Fsp3) is 0.421. The Kier molecular flexibility index (Phi) is 5.04. The molecule has 0 aliphatic carbocycles. The van der Waals surface area contributed by atoms with E-state index in [4.69, 9.17) is 4.98 Å². The third kappa shape index (κ3) is 3.94. The molecule has 3 heterocycles. The van der Waals surface area contributed by atoms with Crippen LogP contribution in [0.4, 0.5) is 21.8 Å². The number of amides is 1. The van der Waals surface area contributed by atoms with Gasteiger partial charge < -0.3 is 19.6 Å². The second-order valence-corrected chi connectivity index (χ2v) is 6.79. The van der Waals surface area contributed by atoms with E-state index in [1.165, 1.54) is 12.1 Å². The van der Waals surface area contributed by atoms with Gasteiger partial charge in [-0.15, -0.1) is 0 Å². The fourth-order valence-corrected chi connectivity index (χ4v) is 3.54. The van der Waals surface area contributed by atoms with Gasteiger partial charge in [-0.2, -0.15) is 4.98 Å². The second-order valence-electron chi connectivity index (χ2n) is 6.79. The van der Waals surface area contributed by atoms with Gasteiger partial charge in [0.1, 0.15) is 11.6 Å². The van der Waals surface area contributed by atoms with E-state index in [2.05, 4.69) is 19.7 Å². The van der Waals surface area contributed by atoms with Gasteiger partial charge in [0, 0.05) is 64.2 Å². The van der Waals surface area contributed by atoms with Gasteiger partial charge in [-0.1, -0.05) is 0 Å². The Labute approximate surface area is 158 Å². The Bertz CT molecular complexity index is 770. The Balaban J connectivity index is 1.38. The maximum absolute atomic E-state index is 13.1. The summed E-state index contributed by atoms with van der Waals surface area (Å²) in [6, 6.07) is 8.60. The summed E-state index contributed by atoms with van der Waals surface area (Å²) >= 11 is 0. The molecule has 0 radical (unpaired) electrons. The van der Waals surface area contributed by atoms with Crippen molar-refractivity contribution >= 4 is 23.9 Å². The zero-order valence-corrected chi connectivity index (χ0v) is 15.2. The Hall–Kier alpha value is -2.90. The minimum absolute atomic E-state index is 0.208. The topological polar surface area (TPSA) is 55.8 Å². The summed E-state index contributed by atoms with van der Waals surface area (Å²) in [5.41, 5.74) is 1.05. The zero-order valence-electron chi connectivity index (χ0n) is 15.2. The minimum Gasteiger partial charge on any atom is -0.368 e. The molecule has 1 aromatic carbocycles. The largest absolute Gasteiger partial charge is 0.368 e. The molecule has 2 aromatic rings. The van der Waals surface area contributed by atoms with Gasteiger partial charge in [0.2, 0.25) is 12.4 Å². The van der Waals surface area contributed by atoms with Crippen LogP contribution in [0.25, 0.3) is 0 Å². The van der Waals surface area contributed by atoms with Crippen molar-refractivity contribution in [2.24, 2.45) is 0 Å². The molecule has 142 valence electrons. The van der Waals surface area contributed by atoms with Crippen molar-refractivity contribution in [3.8, 4) is 0 Å². The number of rotatable bonds is 4. The summed E-state index contributed by atoms with van der Waals surface area (Å²) in [6.07, 6.45) is 2.70. The maximum Gasteiger partial charge on any atom is 0.227 e. The lowest BCUT2D eigenvalue weighted by Gasteiger charge is -2.37. The lowest BCUT2D eigenvalue weighted by atomic mass is 10.2. The van der Waals surface area contributed by atoms with E-state index in [0.717, 1.165) is 63.1 Å². The molecule has 1 amide bonds. The van der Waals surface area contributed by atoms with Gasteiger partial charge in [0.15, 0.2) is 0 Å². The number of nitrogens with zero attached hydrogens (tertiary/aromatic N) is 6. The van der Waals surface area contributed by atoms with E-state index in [1.807, 2.05) is 18.2 Å². The average molecular weight is 370 g/mol. The molecule has 7 nitrogen and oxygen atoms in total. The molecule has 2 saturated heterocycles. The molecule has 1 aromatic heterocycles. The van der Waals surface area contributed by atoms with Crippen LogP contribution in [0.15, 0.2) is 36.5 Å². The summed E-state index contributed by atoms with van der Waals surface area (Å²) in [6.45, 7) is 6.34. The van der Waals surface area contributed by atoms with Gasteiger partial charge in [0.25, 0.3) is 0 Å². The third-order valence-corrected chi connectivity index (χ3v) is 5.17. The van der Waals surface area contributed by atoms with E-state index in [-0.39, 0.29) is 5.82 Å². The van der Waals surface area contributed by atoms with E-state index in [1.54, 1.807) is 11.1 Å². The number of anilines is 3. The molecule has 2 aliphatic rings. The minimum atomic E-state index is -0.208. The molecule has 0 bridgehead atoms. The molecular formula is C19H23FN6O. The molecule has 0 atom stereocenters. The molecule has 27 heavy (non-hydrogen) atoms. The number of hydrogen-bond donors (Lipinski definition) is 0. The van der Waals surface area contributed by atoms with Crippen molar-refractivity contribution in [2.75, 3.05) is 67.1 Å². The van der Waals surface area contributed by atoms with Gasteiger partial charge in [-0.3, -0.25) is 4.79 Å². The highest BCUT2D eigenvalue weighted by molar-refractivity contribution is 5.51. The van der Waals surface area contributed by atoms with E-state index in [9.17, 15) is 9.18 Å². The summed E-state index contributed by atoms with van der Waals surface area (Å²) < 4.78 is 13.1. The van der Waals surface area contributed by atoms with Crippen LogP contribution in [0.2, 0.25) is 0 Å². The maximum atomic E-state index is 13.1. The molecule has 8 heteroatoms. The Morgan fingerprint density at radius 1 is 0.815 bits per heavy atom. The van der Waals surface area contributed by atoms with Crippen LogP contribution in [0.3, 0.4) is 0 Å². The third-order valence-electron chi connectivity index (χ3n) is 5.17. The number of halogens is 1. The summed E-state index contributed by atoms with van der Waals surface area (Å²) in [5, 5.41) is 0. The van der Waals surface area contributed by atoms with E-state index in [0.29, 0.717) is 13.1 Å².